The molecule has 0 fully saturated rings. The summed E-state index contributed by atoms with van der Waals surface area (Å²) in [5.41, 5.74) is 2.26. The molecule has 0 aliphatic rings. The zero-order valence-corrected chi connectivity index (χ0v) is 14.6. The molecule has 0 aliphatic heterocycles. The largest absolute Gasteiger partial charge is 0.492 e. The molecule has 6 nitrogen and oxygen atoms in total. The smallest absolute Gasteiger partial charge is 0.278 e. The second-order valence-corrected chi connectivity index (χ2v) is 5.73. The molecule has 0 atom stereocenters. The van der Waals surface area contributed by atoms with Crippen LogP contribution < -0.4 is 10.1 Å². The lowest BCUT2D eigenvalue weighted by Crippen LogP contribution is -2.15. The van der Waals surface area contributed by atoms with Gasteiger partial charge in [-0.3, -0.25) is 4.79 Å². The normalized spacial score (nSPS) is 10.5. The van der Waals surface area contributed by atoms with Gasteiger partial charge < -0.3 is 10.1 Å². The second-order valence-electron chi connectivity index (χ2n) is 5.29. The fourth-order valence-corrected chi connectivity index (χ4v) is 2.53. The number of aromatic nitrogens is 3. The molecule has 3 aromatic rings. The first-order chi connectivity index (χ1) is 12.1. The van der Waals surface area contributed by atoms with Crippen LogP contribution in [-0.2, 0) is 0 Å². The third-order valence-electron chi connectivity index (χ3n) is 3.62. The van der Waals surface area contributed by atoms with Crippen molar-refractivity contribution in [1.29, 1.82) is 0 Å². The summed E-state index contributed by atoms with van der Waals surface area (Å²) < 4.78 is 7.12. The maximum atomic E-state index is 12.6. The minimum atomic E-state index is -0.343. The Balaban J connectivity index is 1.85. The fourth-order valence-electron chi connectivity index (χ4n) is 2.40. The highest BCUT2D eigenvalue weighted by molar-refractivity contribution is 6.30. The first-order valence-electron chi connectivity index (χ1n) is 7.81. The van der Waals surface area contributed by atoms with Crippen LogP contribution in [0.15, 0.2) is 48.5 Å². The van der Waals surface area contributed by atoms with E-state index in [-0.39, 0.29) is 11.6 Å². The number of ether oxygens (including phenoxy) is 1. The second kappa shape index (κ2) is 7.36. The number of halogens is 1. The molecule has 1 amide bonds. The van der Waals surface area contributed by atoms with Crippen molar-refractivity contribution in [2.75, 3.05) is 11.9 Å². The molecular formula is C18H17ClN4O2. The molecule has 128 valence electrons. The predicted octanol–water partition coefficient (Wildman–Crippen LogP) is 3.88. The average Bonchev–Trinajstić information content (AvgIpc) is 2.99. The Morgan fingerprint density at radius 3 is 2.64 bits per heavy atom. The van der Waals surface area contributed by atoms with Crippen LogP contribution in [0, 0.1) is 6.92 Å². The molecule has 0 unspecified atom stereocenters. The van der Waals surface area contributed by atoms with Crippen LogP contribution in [0.4, 0.5) is 5.69 Å². The molecule has 1 aromatic heterocycles. The Kier molecular flexibility index (Phi) is 5.00. The summed E-state index contributed by atoms with van der Waals surface area (Å²) in [7, 11) is 0. The van der Waals surface area contributed by atoms with E-state index in [0.717, 1.165) is 5.69 Å². The van der Waals surface area contributed by atoms with Gasteiger partial charge in [-0.25, -0.2) is 4.68 Å². The Hall–Kier alpha value is -2.86. The van der Waals surface area contributed by atoms with E-state index in [0.29, 0.717) is 28.8 Å². The highest BCUT2D eigenvalue weighted by Crippen LogP contribution is 2.24. The van der Waals surface area contributed by atoms with Gasteiger partial charge in [-0.15, -0.1) is 5.10 Å². The topological polar surface area (TPSA) is 69.0 Å². The molecule has 3 rings (SSSR count). The number of carbonyl (C=O) groups excluding carboxylic acids is 1. The van der Waals surface area contributed by atoms with Crippen LogP contribution >= 0.6 is 11.6 Å². The first-order valence-corrected chi connectivity index (χ1v) is 8.19. The minimum absolute atomic E-state index is 0.251. The summed E-state index contributed by atoms with van der Waals surface area (Å²) in [5, 5.41) is 11.5. The number of para-hydroxylation sites is 2. The molecule has 0 saturated heterocycles. The van der Waals surface area contributed by atoms with Crippen molar-refractivity contribution >= 4 is 23.2 Å². The summed E-state index contributed by atoms with van der Waals surface area (Å²) in [6, 6.07) is 14.4. The molecular weight excluding hydrogens is 340 g/mol. The molecule has 0 bridgehead atoms. The third kappa shape index (κ3) is 3.64. The summed E-state index contributed by atoms with van der Waals surface area (Å²) in [6.07, 6.45) is 0. The van der Waals surface area contributed by atoms with Gasteiger partial charge >= 0.3 is 0 Å². The molecule has 25 heavy (non-hydrogen) atoms. The van der Waals surface area contributed by atoms with Crippen molar-refractivity contribution in [2.45, 2.75) is 13.8 Å². The van der Waals surface area contributed by atoms with Crippen molar-refractivity contribution in [1.82, 2.24) is 15.0 Å². The van der Waals surface area contributed by atoms with E-state index in [9.17, 15) is 4.79 Å². The lowest BCUT2D eigenvalue weighted by Gasteiger charge is -2.10. The number of hydrogen-bond donors (Lipinski definition) is 1. The van der Waals surface area contributed by atoms with Crippen molar-refractivity contribution in [3.63, 3.8) is 0 Å². The summed E-state index contributed by atoms with van der Waals surface area (Å²) in [6.45, 7) is 4.19. The number of anilines is 1. The molecule has 0 radical (unpaired) electrons. The lowest BCUT2D eigenvalue weighted by molar-refractivity contribution is 0.102. The summed E-state index contributed by atoms with van der Waals surface area (Å²) >= 11 is 5.90. The SMILES string of the molecule is CCOc1ccccc1NC(=O)c1nnn(-c2ccc(Cl)cc2)c1C. The van der Waals surface area contributed by atoms with Crippen LogP contribution in [-0.4, -0.2) is 27.5 Å². The van der Waals surface area contributed by atoms with E-state index in [1.165, 1.54) is 0 Å². The van der Waals surface area contributed by atoms with Crippen molar-refractivity contribution < 1.29 is 9.53 Å². The quantitative estimate of drug-likeness (QED) is 0.753. The number of carbonyl (C=O) groups is 1. The van der Waals surface area contributed by atoms with E-state index < -0.39 is 0 Å². The van der Waals surface area contributed by atoms with Gasteiger partial charge in [0.25, 0.3) is 5.91 Å². The maximum Gasteiger partial charge on any atom is 0.278 e. The Morgan fingerprint density at radius 1 is 1.20 bits per heavy atom. The van der Waals surface area contributed by atoms with E-state index in [1.54, 1.807) is 35.9 Å². The van der Waals surface area contributed by atoms with Crippen molar-refractivity contribution in [2.24, 2.45) is 0 Å². The molecule has 7 heteroatoms. The monoisotopic (exact) mass is 356 g/mol. The molecule has 0 spiro atoms. The van der Waals surface area contributed by atoms with E-state index in [1.807, 2.05) is 31.2 Å². The van der Waals surface area contributed by atoms with Crippen molar-refractivity contribution in [3.8, 4) is 11.4 Å². The van der Waals surface area contributed by atoms with Crippen LogP contribution in [0.25, 0.3) is 5.69 Å². The van der Waals surface area contributed by atoms with Gasteiger partial charge in [-0.1, -0.05) is 28.9 Å². The number of nitrogens with zero attached hydrogens (tertiary/aromatic N) is 3. The molecule has 2 aromatic carbocycles. The summed E-state index contributed by atoms with van der Waals surface area (Å²) in [4.78, 5) is 12.6. The van der Waals surface area contributed by atoms with Gasteiger partial charge in [0.2, 0.25) is 0 Å². The molecule has 1 heterocycles. The summed E-state index contributed by atoms with van der Waals surface area (Å²) in [5.74, 6) is 0.269. The number of benzene rings is 2. The number of rotatable bonds is 5. The van der Waals surface area contributed by atoms with Crippen LogP contribution in [0.2, 0.25) is 5.02 Å². The van der Waals surface area contributed by atoms with Crippen LogP contribution in [0.3, 0.4) is 0 Å². The van der Waals surface area contributed by atoms with Gasteiger partial charge in [-0.2, -0.15) is 0 Å². The highest BCUT2D eigenvalue weighted by Gasteiger charge is 2.18. The van der Waals surface area contributed by atoms with E-state index >= 15 is 0 Å². The number of amides is 1. The van der Waals surface area contributed by atoms with Gasteiger partial charge in [0.1, 0.15) is 5.75 Å². The van der Waals surface area contributed by atoms with Gasteiger partial charge in [0, 0.05) is 5.02 Å². The molecule has 0 aliphatic carbocycles. The minimum Gasteiger partial charge on any atom is -0.492 e. The van der Waals surface area contributed by atoms with E-state index in [2.05, 4.69) is 15.6 Å². The Morgan fingerprint density at radius 2 is 1.92 bits per heavy atom. The Labute approximate surface area is 150 Å². The van der Waals surface area contributed by atoms with Crippen molar-refractivity contribution in [3.05, 3.63) is 64.9 Å². The lowest BCUT2D eigenvalue weighted by atomic mass is 10.2. The molecule has 0 saturated carbocycles. The van der Waals surface area contributed by atoms with Crippen LogP contribution in [0.5, 0.6) is 5.75 Å². The van der Waals surface area contributed by atoms with Gasteiger partial charge in [0.15, 0.2) is 5.69 Å². The third-order valence-corrected chi connectivity index (χ3v) is 3.87. The standard InChI is InChI=1S/C18H17ClN4O2/c1-3-25-16-7-5-4-6-15(16)20-18(24)17-12(2)23(22-21-17)14-10-8-13(19)9-11-14/h4-11H,3H2,1-2H3,(H,20,24). The maximum absolute atomic E-state index is 12.6. The van der Waals surface area contributed by atoms with Gasteiger partial charge in [0.05, 0.1) is 23.7 Å². The fraction of sp³-hybridized carbons (Fsp3) is 0.167. The highest BCUT2D eigenvalue weighted by atomic mass is 35.5. The van der Waals surface area contributed by atoms with E-state index in [4.69, 9.17) is 16.3 Å². The average molecular weight is 357 g/mol. The number of nitrogens with one attached hydrogen (secondary N) is 1. The Bertz CT molecular complexity index is 890. The molecule has 1 N–H and O–H groups in total. The van der Waals surface area contributed by atoms with Gasteiger partial charge in [-0.05, 0) is 50.2 Å². The zero-order chi connectivity index (χ0) is 17.8. The predicted molar refractivity (Wildman–Crippen MR) is 96.7 cm³/mol. The number of hydrogen-bond acceptors (Lipinski definition) is 4. The van der Waals surface area contributed by atoms with Crippen LogP contribution in [0.1, 0.15) is 23.1 Å². The zero-order valence-electron chi connectivity index (χ0n) is 13.9. The first kappa shape index (κ1) is 17.0.